The number of amides is 2. The van der Waals surface area contributed by atoms with Gasteiger partial charge in [-0.2, -0.15) is 0 Å². The molecule has 9 heteroatoms. The maximum atomic E-state index is 12.9. The number of carbonyl (C=O) groups is 2. The fourth-order valence-corrected chi connectivity index (χ4v) is 3.76. The Morgan fingerprint density at radius 1 is 1.21 bits per heavy atom. The summed E-state index contributed by atoms with van der Waals surface area (Å²) in [7, 11) is 0. The van der Waals surface area contributed by atoms with Crippen molar-refractivity contribution in [2.75, 3.05) is 13.1 Å². The van der Waals surface area contributed by atoms with Crippen LogP contribution in [0, 0.1) is 10.7 Å². The topological polar surface area (TPSA) is 111 Å². The number of furan rings is 1. The molecular weight excluding hydrogens is 392 g/mol. The van der Waals surface area contributed by atoms with Gasteiger partial charge in [-0.15, -0.1) is 0 Å². The minimum absolute atomic E-state index is 0.0222. The van der Waals surface area contributed by atoms with Crippen molar-refractivity contribution < 1.29 is 14.0 Å². The number of fused-ring (bicyclic) bond motifs is 1. The van der Waals surface area contributed by atoms with Gasteiger partial charge in [0, 0.05) is 24.6 Å². The van der Waals surface area contributed by atoms with Crippen LogP contribution in [-0.4, -0.2) is 39.8 Å². The van der Waals surface area contributed by atoms with Gasteiger partial charge in [-0.05, 0) is 55.4 Å². The number of hydrogen-bond acceptors (Lipinski definition) is 5. The van der Waals surface area contributed by atoms with Crippen LogP contribution in [0.4, 0.5) is 0 Å². The summed E-state index contributed by atoms with van der Waals surface area (Å²) in [6.45, 7) is 1.37. The molecule has 2 aromatic heterocycles. The molecule has 1 fully saturated rings. The van der Waals surface area contributed by atoms with Crippen LogP contribution in [0.15, 0.2) is 45.8 Å². The van der Waals surface area contributed by atoms with Gasteiger partial charge >= 0.3 is 0 Å². The summed E-state index contributed by atoms with van der Waals surface area (Å²) < 4.78 is 5.43. The zero-order chi connectivity index (χ0) is 20.4. The first-order valence-electron chi connectivity index (χ1n) is 9.37. The molecule has 0 bridgehead atoms. The first-order chi connectivity index (χ1) is 14.0. The highest BCUT2D eigenvalue weighted by molar-refractivity contribution is 7.71. The van der Waals surface area contributed by atoms with Gasteiger partial charge in [-0.1, -0.05) is 0 Å². The number of aromatic nitrogens is 2. The molecule has 8 nitrogen and oxygen atoms in total. The molecule has 1 aromatic carbocycles. The van der Waals surface area contributed by atoms with Crippen molar-refractivity contribution in [3.63, 3.8) is 0 Å². The first kappa shape index (κ1) is 19.1. The Hall–Kier alpha value is -3.20. The number of carbonyl (C=O) groups excluding carboxylic acids is 2. The van der Waals surface area contributed by atoms with E-state index < -0.39 is 0 Å². The van der Waals surface area contributed by atoms with E-state index in [1.54, 1.807) is 35.4 Å². The lowest BCUT2D eigenvalue weighted by Gasteiger charge is -2.31. The Morgan fingerprint density at radius 3 is 2.72 bits per heavy atom. The lowest BCUT2D eigenvalue weighted by Crippen LogP contribution is -2.42. The highest BCUT2D eigenvalue weighted by atomic mass is 32.1. The van der Waals surface area contributed by atoms with Crippen molar-refractivity contribution in [3.05, 3.63) is 63.0 Å². The molecule has 1 aliphatic rings. The number of hydrogen-bond donors (Lipinski definition) is 3. The van der Waals surface area contributed by atoms with Crippen molar-refractivity contribution in [1.29, 1.82) is 0 Å². The molecule has 3 N–H and O–H groups in total. The summed E-state index contributed by atoms with van der Waals surface area (Å²) in [6, 6.07) is 8.48. The van der Waals surface area contributed by atoms with Crippen LogP contribution in [0.25, 0.3) is 10.9 Å². The van der Waals surface area contributed by atoms with Gasteiger partial charge in [0.25, 0.3) is 11.5 Å². The molecule has 1 aliphatic heterocycles. The highest BCUT2D eigenvalue weighted by Crippen LogP contribution is 2.20. The van der Waals surface area contributed by atoms with E-state index >= 15 is 0 Å². The SMILES string of the molecule is O=C(NCc1ccco1)C1CCN(C(=O)c2ccc3c(=O)[nH]c(=S)[nH]c3c2)CC1. The highest BCUT2D eigenvalue weighted by Gasteiger charge is 2.28. The van der Waals surface area contributed by atoms with E-state index in [-0.39, 0.29) is 28.1 Å². The van der Waals surface area contributed by atoms with Crippen molar-refractivity contribution in [2.45, 2.75) is 19.4 Å². The van der Waals surface area contributed by atoms with Crippen LogP contribution in [-0.2, 0) is 11.3 Å². The standard InChI is InChI=1S/C20H20N4O4S/c25-17(21-11-14-2-1-9-28-14)12-5-7-24(8-6-12)19(27)13-3-4-15-16(10-13)22-20(29)23-18(15)26/h1-4,9-10,12H,5-8,11H2,(H,21,25)(H2,22,23,26,29). The number of benzene rings is 1. The van der Waals surface area contributed by atoms with E-state index in [1.807, 2.05) is 6.07 Å². The fourth-order valence-electron chi connectivity index (χ4n) is 3.56. The first-order valence-corrected chi connectivity index (χ1v) is 9.78. The van der Waals surface area contributed by atoms with Crippen LogP contribution >= 0.6 is 12.2 Å². The fraction of sp³-hybridized carbons (Fsp3) is 0.300. The monoisotopic (exact) mass is 412 g/mol. The summed E-state index contributed by atoms with van der Waals surface area (Å²) in [5, 5.41) is 3.32. The van der Waals surface area contributed by atoms with Gasteiger partial charge in [0.1, 0.15) is 5.76 Å². The molecule has 0 spiro atoms. The maximum Gasteiger partial charge on any atom is 0.259 e. The second-order valence-electron chi connectivity index (χ2n) is 7.03. The minimum atomic E-state index is -0.288. The minimum Gasteiger partial charge on any atom is -0.467 e. The number of nitrogens with one attached hydrogen (secondary N) is 3. The second kappa shape index (κ2) is 8.04. The third kappa shape index (κ3) is 4.14. The third-order valence-electron chi connectivity index (χ3n) is 5.16. The quantitative estimate of drug-likeness (QED) is 0.570. The molecule has 29 heavy (non-hydrogen) atoms. The lowest BCUT2D eigenvalue weighted by atomic mass is 9.95. The van der Waals surface area contributed by atoms with Gasteiger partial charge in [0.2, 0.25) is 5.91 Å². The molecule has 150 valence electrons. The number of rotatable bonds is 4. The summed E-state index contributed by atoms with van der Waals surface area (Å²) in [4.78, 5) is 44.3. The van der Waals surface area contributed by atoms with Gasteiger partial charge in [-0.25, -0.2) is 0 Å². The summed E-state index contributed by atoms with van der Waals surface area (Å²) in [5.41, 5.74) is 0.718. The van der Waals surface area contributed by atoms with Crippen molar-refractivity contribution >= 4 is 34.9 Å². The van der Waals surface area contributed by atoms with Gasteiger partial charge in [0.15, 0.2) is 4.77 Å². The molecular formula is C20H20N4O4S. The Kier molecular flexibility index (Phi) is 5.30. The maximum absolute atomic E-state index is 12.9. The van der Waals surface area contributed by atoms with Crippen molar-refractivity contribution in [2.24, 2.45) is 5.92 Å². The van der Waals surface area contributed by atoms with Crippen LogP contribution < -0.4 is 10.9 Å². The third-order valence-corrected chi connectivity index (χ3v) is 5.36. The Morgan fingerprint density at radius 2 is 2.00 bits per heavy atom. The molecule has 2 amide bonds. The van der Waals surface area contributed by atoms with Gasteiger partial charge in [-0.3, -0.25) is 19.4 Å². The molecule has 4 rings (SSSR count). The average Bonchev–Trinajstić information content (AvgIpc) is 3.24. The number of piperidine rings is 1. The smallest absolute Gasteiger partial charge is 0.259 e. The molecule has 1 saturated heterocycles. The van der Waals surface area contributed by atoms with Crippen LogP contribution in [0.3, 0.4) is 0 Å². The normalized spacial score (nSPS) is 14.8. The van der Waals surface area contributed by atoms with Crippen molar-refractivity contribution in [3.8, 4) is 0 Å². The molecule has 0 radical (unpaired) electrons. The van der Waals surface area contributed by atoms with E-state index in [0.717, 1.165) is 0 Å². The predicted octanol–water partition coefficient (Wildman–Crippen LogP) is 2.35. The zero-order valence-corrected chi connectivity index (χ0v) is 16.4. The number of likely N-dealkylation sites (tertiary alicyclic amines) is 1. The summed E-state index contributed by atoms with van der Waals surface area (Å²) >= 11 is 5.00. The Labute approximate surface area is 170 Å². The van der Waals surface area contributed by atoms with Gasteiger partial charge in [0.05, 0.1) is 23.7 Å². The Balaban J connectivity index is 1.38. The molecule has 0 aliphatic carbocycles. The van der Waals surface area contributed by atoms with E-state index in [9.17, 15) is 14.4 Å². The molecule has 0 unspecified atom stereocenters. The van der Waals surface area contributed by atoms with Crippen LogP contribution in [0.2, 0.25) is 0 Å². The number of aromatic amines is 2. The number of nitrogens with zero attached hydrogens (tertiary/aromatic N) is 1. The lowest BCUT2D eigenvalue weighted by molar-refractivity contribution is -0.126. The van der Waals surface area contributed by atoms with Crippen LogP contribution in [0.5, 0.6) is 0 Å². The summed E-state index contributed by atoms with van der Waals surface area (Å²) in [6.07, 6.45) is 2.78. The predicted molar refractivity (Wildman–Crippen MR) is 109 cm³/mol. The number of H-pyrrole nitrogens is 2. The van der Waals surface area contributed by atoms with Crippen molar-refractivity contribution in [1.82, 2.24) is 20.2 Å². The molecule has 0 atom stereocenters. The largest absolute Gasteiger partial charge is 0.467 e. The van der Waals surface area contributed by atoms with E-state index in [0.29, 0.717) is 54.7 Å². The zero-order valence-electron chi connectivity index (χ0n) is 15.6. The second-order valence-corrected chi connectivity index (χ2v) is 7.44. The summed E-state index contributed by atoms with van der Waals surface area (Å²) in [5.74, 6) is 0.437. The molecule has 3 heterocycles. The Bertz CT molecular complexity index is 1160. The molecule has 0 saturated carbocycles. The average molecular weight is 412 g/mol. The van der Waals surface area contributed by atoms with Gasteiger partial charge < -0.3 is 19.6 Å². The van der Waals surface area contributed by atoms with Crippen LogP contribution in [0.1, 0.15) is 29.0 Å². The van der Waals surface area contributed by atoms with E-state index in [4.69, 9.17) is 16.6 Å². The van der Waals surface area contributed by atoms with E-state index in [2.05, 4.69) is 15.3 Å². The van der Waals surface area contributed by atoms with E-state index in [1.165, 1.54) is 0 Å². The molecule has 3 aromatic rings.